The van der Waals surface area contributed by atoms with Crippen LogP contribution in [-0.4, -0.2) is 30.4 Å². The van der Waals surface area contributed by atoms with E-state index in [4.69, 9.17) is 0 Å². The zero-order valence-electron chi connectivity index (χ0n) is 12.6. The van der Waals surface area contributed by atoms with Crippen LogP contribution in [0.15, 0.2) is 53.2 Å². The molecule has 1 unspecified atom stereocenters. The molecular weight excluding hydrogens is 264 g/mol. The quantitative estimate of drug-likeness (QED) is 0.815. The van der Waals surface area contributed by atoms with Crippen LogP contribution in [0.4, 0.5) is 0 Å². The van der Waals surface area contributed by atoms with E-state index in [1.807, 2.05) is 0 Å². The number of likely N-dealkylation sites (N-methyl/N-ethyl adjacent to an activating group) is 1. The molecule has 3 heteroatoms. The standard InChI is InChI=1S/C17H24N2S/c1-4-5-13-18(2)17-8-6-7-16(19(17)3)14-9-11-15(20)12-10-14/h6-12,16,20H,4-5,13H2,1-3H3. The number of unbranched alkanes of at least 4 members (excludes halogenated alkanes) is 1. The molecule has 1 aliphatic rings. The second-order valence-corrected chi connectivity index (χ2v) is 5.85. The Hall–Kier alpha value is -1.35. The third kappa shape index (κ3) is 3.40. The van der Waals surface area contributed by atoms with Gasteiger partial charge in [0.2, 0.25) is 0 Å². The molecule has 0 amide bonds. The molecule has 0 N–H and O–H groups in total. The molecule has 0 radical (unpaired) electrons. The summed E-state index contributed by atoms with van der Waals surface area (Å²) in [5.74, 6) is 1.28. The van der Waals surface area contributed by atoms with Crippen molar-refractivity contribution >= 4 is 12.6 Å². The minimum atomic E-state index is 0.299. The lowest BCUT2D eigenvalue weighted by molar-refractivity contribution is 0.234. The topological polar surface area (TPSA) is 6.48 Å². The highest BCUT2D eigenvalue weighted by Crippen LogP contribution is 2.29. The van der Waals surface area contributed by atoms with Crippen molar-refractivity contribution in [2.45, 2.75) is 30.7 Å². The summed E-state index contributed by atoms with van der Waals surface area (Å²) in [4.78, 5) is 5.68. The Kier molecular flexibility index (Phi) is 5.18. The summed E-state index contributed by atoms with van der Waals surface area (Å²) < 4.78 is 0. The highest BCUT2D eigenvalue weighted by molar-refractivity contribution is 7.80. The van der Waals surface area contributed by atoms with Gasteiger partial charge in [0.15, 0.2) is 0 Å². The van der Waals surface area contributed by atoms with E-state index in [0.717, 1.165) is 11.4 Å². The van der Waals surface area contributed by atoms with E-state index in [9.17, 15) is 0 Å². The second kappa shape index (κ2) is 6.89. The fourth-order valence-corrected chi connectivity index (χ4v) is 2.70. The Bertz CT molecular complexity index is 490. The zero-order chi connectivity index (χ0) is 14.5. The van der Waals surface area contributed by atoms with E-state index in [-0.39, 0.29) is 0 Å². The molecule has 0 saturated carbocycles. The zero-order valence-corrected chi connectivity index (χ0v) is 13.5. The van der Waals surface area contributed by atoms with Gasteiger partial charge in [0, 0.05) is 25.5 Å². The fraction of sp³-hybridized carbons (Fsp3) is 0.412. The summed E-state index contributed by atoms with van der Waals surface area (Å²) >= 11 is 4.36. The van der Waals surface area contributed by atoms with Crippen LogP contribution in [-0.2, 0) is 0 Å². The van der Waals surface area contributed by atoms with Gasteiger partial charge in [-0.25, -0.2) is 0 Å². The molecule has 0 aromatic heterocycles. The average Bonchev–Trinajstić information content (AvgIpc) is 2.46. The van der Waals surface area contributed by atoms with Crippen molar-refractivity contribution in [3.05, 3.63) is 53.9 Å². The molecule has 1 aliphatic heterocycles. The molecule has 108 valence electrons. The Morgan fingerprint density at radius 3 is 2.60 bits per heavy atom. The van der Waals surface area contributed by atoms with Gasteiger partial charge in [-0.1, -0.05) is 37.6 Å². The van der Waals surface area contributed by atoms with Crippen molar-refractivity contribution in [3.8, 4) is 0 Å². The number of thiol groups is 1. The van der Waals surface area contributed by atoms with E-state index in [2.05, 4.69) is 85.9 Å². The van der Waals surface area contributed by atoms with E-state index in [1.54, 1.807) is 0 Å². The van der Waals surface area contributed by atoms with Crippen molar-refractivity contribution in [2.75, 3.05) is 20.6 Å². The largest absolute Gasteiger partial charge is 0.361 e. The van der Waals surface area contributed by atoms with Crippen LogP contribution in [0.3, 0.4) is 0 Å². The number of nitrogens with zero attached hydrogens (tertiary/aromatic N) is 2. The number of hydrogen-bond acceptors (Lipinski definition) is 3. The minimum Gasteiger partial charge on any atom is -0.361 e. The van der Waals surface area contributed by atoms with Gasteiger partial charge < -0.3 is 9.80 Å². The van der Waals surface area contributed by atoms with Crippen molar-refractivity contribution in [1.29, 1.82) is 0 Å². The normalized spacial score (nSPS) is 18.1. The Morgan fingerprint density at radius 1 is 1.25 bits per heavy atom. The molecule has 2 nitrogen and oxygen atoms in total. The summed E-state index contributed by atoms with van der Waals surface area (Å²) in [7, 11) is 4.34. The molecule has 0 spiro atoms. The lowest BCUT2D eigenvalue weighted by Gasteiger charge is -2.37. The van der Waals surface area contributed by atoms with Crippen LogP contribution < -0.4 is 0 Å². The van der Waals surface area contributed by atoms with Gasteiger partial charge in [0.1, 0.15) is 5.82 Å². The van der Waals surface area contributed by atoms with E-state index in [1.165, 1.54) is 24.2 Å². The first-order valence-corrected chi connectivity index (χ1v) is 7.69. The molecule has 2 rings (SSSR count). The number of rotatable bonds is 5. The lowest BCUT2D eigenvalue weighted by atomic mass is 10.0. The summed E-state index contributed by atoms with van der Waals surface area (Å²) in [5, 5.41) is 0. The van der Waals surface area contributed by atoms with Crippen molar-refractivity contribution in [2.24, 2.45) is 0 Å². The predicted octanol–water partition coefficient (Wildman–Crippen LogP) is 4.09. The van der Waals surface area contributed by atoms with Crippen molar-refractivity contribution in [1.82, 2.24) is 9.80 Å². The van der Waals surface area contributed by atoms with Crippen LogP contribution in [0.1, 0.15) is 31.4 Å². The van der Waals surface area contributed by atoms with Gasteiger partial charge in [0.25, 0.3) is 0 Å². The maximum absolute atomic E-state index is 4.36. The van der Waals surface area contributed by atoms with Gasteiger partial charge in [-0.15, -0.1) is 12.6 Å². The highest BCUT2D eigenvalue weighted by atomic mass is 32.1. The van der Waals surface area contributed by atoms with Gasteiger partial charge in [-0.05, 0) is 30.2 Å². The van der Waals surface area contributed by atoms with Crippen LogP contribution in [0.2, 0.25) is 0 Å². The SMILES string of the molecule is CCCCN(C)C1=CC=CC(c2ccc(S)cc2)N1C. The first-order chi connectivity index (χ1) is 9.63. The van der Waals surface area contributed by atoms with Crippen LogP contribution in [0.5, 0.6) is 0 Å². The Labute approximate surface area is 128 Å². The smallest absolute Gasteiger partial charge is 0.104 e. The van der Waals surface area contributed by atoms with Gasteiger partial charge in [-0.3, -0.25) is 0 Å². The summed E-state index contributed by atoms with van der Waals surface area (Å²) in [6.45, 7) is 3.33. The second-order valence-electron chi connectivity index (χ2n) is 5.33. The summed E-state index contributed by atoms with van der Waals surface area (Å²) in [5.41, 5.74) is 1.30. The van der Waals surface area contributed by atoms with Crippen molar-refractivity contribution in [3.63, 3.8) is 0 Å². The first kappa shape index (κ1) is 15.0. The van der Waals surface area contributed by atoms with Crippen LogP contribution in [0, 0.1) is 0 Å². The molecule has 1 heterocycles. The van der Waals surface area contributed by atoms with Gasteiger partial charge in [0.05, 0.1) is 6.04 Å². The van der Waals surface area contributed by atoms with Crippen LogP contribution >= 0.6 is 12.6 Å². The summed E-state index contributed by atoms with van der Waals surface area (Å²) in [6.07, 6.45) is 9.05. The van der Waals surface area contributed by atoms with Crippen LogP contribution in [0.25, 0.3) is 0 Å². The van der Waals surface area contributed by atoms with E-state index < -0.39 is 0 Å². The maximum atomic E-state index is 4.36. The average molecular weight is 288 g/mol. The first-order valence-electron chi connectivity index (χ1n) is 7.25. The molecule has 20 heavy (non-hydrogen) atoms. The highest BCUT2D eigenvalue weighted by Gasteiger charge is 2.21. The molecule has 1 aromatic rings. The number of allylic oxidation sites excluding steroid dienone is 2. The third-order valence-corrected chi connectivity index (χ3v) is 4.09. The third-order valence-electron chi connectivity index (χ3n) is 3.79. The van der Waals surface area contributed by atoms with Gasteiger partial charge >= 0.3 is 0 Å². The molecule has 0 fully saturated rings. The number of benzene rings is 1. The maximum Gasteiger partial charge on any atom is 0.104 e. The van der Waals surface area contributed by atoms with E-state index >= 15 is 0 Å². The minimum absolute atomic E-state index is 0.299. The van der Waals surface area contributed by atoms with Crippen molar-refractivity contribution < 1.29 is 0 Å². The molecule has 1 aromatic carbocycles. The monoisotopic (exact) mass is 288 g/mol. The molecule has 1 atom stereocenters. The molecular formula is C17H24N2S. The van der Waals surface area contributed by atoms with E-state index in [0.29, 0.717) is 6.04 Å². The predicted molar refractivity (Wildman–Crippen MR) is 89.0 cm³/mol. The Balaban J connectivity index is 2.13. The fourth-order valence-electron chi connectivity index (χ4n) is 2.55. The molecule has 0 saturated heterocycles. The molecule has 0 bridgehead atoms. The lowest BCUT2D eigenvalue weighted by Crippen LogP contribution is -2.34. The number of hydrogen-bond donors (Lipinski definition) is 1. The molecule has 0 aliphatic carbocycles. The van der Waals surface area contributed by atoms with Gasteiger partial charge in [-0.2, -0.15) is 0 Å². The summed E-state index contributed by atoms with van der Waals surface area (Å²) in [6, 6.07) is 8.72. The Morgan fingerprint density at radius 2 is 1.95 bits per heavy atom.